The van der Waals surface area contributed by atoms with Crippen LogP contribution < -0.4 is 5.73 Å². The third-order valence-corrected chi connectivity index (χ3v) is 1.47. The second-order valence-electron chi connectivity index (χ2n) is 3.18. The van der Waals surface area contributed by atoms with Gasteiger partial charge in [0.05, 0.1) is 11.2 Å². The molecule has 68 valence electrons. The maximum atomic E-state index is 12.0. The van der Waals surface area contributed by atoms with Crippen molar-refractivity contribution >= 4 is 0 Å². The van der Waals surface area contributed by atoms with E-state index in [1.165, 1.54) is 12.3 Å². The molecule has 0 radical (unpaired) electrons. The normalized spacial score (nSPS) is 12.5. The fourth-order valence-electron chi connectivity index (χ4n) is 0.790. The van der Waals surface area contributed by atoms with E-state index in [0.717, 1.165) is 0 Å². The van der Waals surface area contributed by atoms with Crippen molar-refractivity contribution in [3.8, 4) is 0 Å². The molecule has 1 rings (SSSR count). The Balaban J connectivity index is 2.92. The van der Waals surface area contributed by atoms with Gasteiger partial charge >= 0.3 is 6.55 Å². The van der Waals surface area contributed by atoms with Crippen LogP contribution in [0.25, 0.3) is 0 Å². The Hall–Kier alpha value is -0.970. The zero-order valence-electron chi connectivity index (χ0n) is 6.96. The van der Waals surface area contributed by atoms with Crippen LogP contribution in [0.5, 0.6) is 0 Å². The molecule has 0 atom stereocenters. The van der Waals surface area contributed by atoms with Crippen molar-refractivity contribution in [1.82, 2.24) is 9.78 Å². The zero-order chi connectivity index (χ0) is 9.35. The fourth-order valence-corrected chi connectivity index (χ4v) is 0.790. The Kier molecular flexibility index (Phi) is 2.14. The van der Waals surface area contributed by atoms with Crippen LogP contribution in [0.3, 0.4) is 0 Å². The molecule has 0 saturated heterocycles. The smallest absolute Gasteiger partial charge is 0.321 e. The van der Waals surface area contributed by atoms with E-state index in [9.17, 15) is 8.78 Å². The van der Waals surface area contributed by atoms with E-state index in [2.05, 4.69) is 5.10 Å². The molecule has 3 nitrogen and oxygen atoms in total. The minimum Gasteiger partial charge on any atom is -0.321 e. The average molecular weight is 175 g/mol. The van der Waals surface area contributed by atoms with Gasteiger partial charge in [0.2, 0.25) is 0 Å². The van der Waals surface area contributed by atoms with Gasteiger partial charge in [-0.05, 0) is 19.9 Å². The number of alkyl halides is 2. The number of hydrogen-bond acceptors (Lipinski definition) is 2. The standard InChI is InChI=1S/C7H11F2N3/c1-7(2,10)5-3-4-12(11-5)6(8)9/h3-4,6H,10H2,1-2H3. The minimum absolute atomic E-state index is 0.461. The first kappa shape index (κ1) is 9.12. The molecule has 0 spiro atoms. The van der Waals surface area contributed by atoms with Crippen molar-refractivity contribution in [2.45, 2.75) is 25.9 Å². The Morgan fingerprint density at radius 3 is 2.42 bits per heavy atom. The highest BCUT2D eigenvalue weighted by atomic mass is 19.3. The van der Waals surface area contributed by atoms with Crippen molar-refractivity contribution in [3.05, 3.63) is 18.0 Å². The van der Waals surface area contributed by atoms with Gasteiger partial charge in [-0.1, -0.05) is 0 Å². The highest BCUT2D eigenvalue weighted by Crippen LogP contribution is 2.16. The molecular weight excluding hydrogens is 164 g/mol. The third-order valence-electron chi connectivity index (χ3n) is 1.47. The van der Waals surface area contributed by atoms with Gasteiger partial charge < -0.3 is 5.73 Å². The Morgan fingerprint density at radius 2 is 2.17 bits per heavy atom. The molecule has 0 fully saturated rings. The van der Waals surface area contributed by atoms with Crippen molar-refractivity contribution < 1.29 is 8.78 Å². The summed E-state index contributed by atoms with van der Waals surface area (Å²) in [4.78, 5) is 0. The molecular formula is C7H11F2N3. The van der Waals surface area contributed by atoms with Crippen LogP contribution in [-0.4, -0.2) is 9.78 Å². The van der Waals surface area contributed by atoms with Crippen LogP contribution in [0.1, 0.15) is 26.1 Å². The van der Waals surface area contributed by atoms with Gasteiger partial charge in [0.15, 0.2) is 0 Å². The van der Waals surface area contributed by atoms with E-state index in [-0.39, 0.29) is 0 Å². The Labute approximate surface area is 69.2 Å². The zero-order valence-corrected chi connectivity index (χ0v) is 6.96. The molecule has 0 aliphatic rings. The third kappa shape index (κ3) is 1.79. The highest BCUT2D eigenvalue weighted by Gasteiger charge is 2.18. The van der Waals surface area contributed by atoms with Gasteiger partial charge in [-0.25, -0.2) is 4.68 Å². The first-order chi connectivity index (χ1) is 5.41. The number of aromatic nitrogens is 2. The first-order valence-electron chi connectivity index (χ1n) is 3.54. The minimum atomic E-state index is -2.60. The van der Waals surface area contributed by atoms with Crippen LogP contribution in [0.2, 0.25) is 0 Å². The summed E-state index contributed by atoms with van der Waals surface area (Å²) in [6.45, 7) is 0.831. The number of nitrogens with zero attached hydrogens (tertiary/aromatic N) is 2. The van der Waals surface area contributed by atoms with Gasteiger partial charge in [0.1, 0.15) is 0 Å². The summed E-state index contributed by atoms with van der Waals surface area (Å²) in [5.41, 5.74) is 5.44. The molecule has 12 heavy (non-hydrogen) atoms. The average Bonchev–Trinajstić information content (AvgIpc) is 2.30. The molecule has 0 amide bonds. The molecule has 0 bridgehead atoms. The molecule has 0 aromatic carbocycles. The Bertz CT molecular complexity index is 262. The van der Waals surface area contributed by atoms with Gasteiger partial charge in [-0.3, -0.25) is 0 Å². The SMILES string of the molecule is CC(C)(N)c1ccn(C(F)F)n1. The monoisotopic (exact) mass is 175 g/mol. The molecule has 0 aliphatic heterocycles. The maximum Gasteiger partial charge on any atom is 0.333 e. The highest BCUT2D eigenvalue weighted by molar-refractivity contribution is 5.09. The molecule has 2 N–H and O–H groups in total. The van der Waals surface area contributed by atoms with Gasteiger partial charge in [-0.2, -0.15) is 13.9 Å². The first-order valence-corrected chi connectivity index (χ1v) is 3.54. The summed E-state index contributed by atoms with van der Waals surface area (Å²) >= 11 is 0. The van der Waals surface area contributed by atoms with Crippen LogP contribution in [0.15, 0.2) is 12.3 Å². The summed E-state index contributed by atoms with van der Waals surface area (Å²) in [5.74, 6) is 0. The van der Waals surface area contributed by atoms with E-state index in [1.807, 2.05) is 0 Å². The lowest BCUT2D eigenvalue weighted by Crippen LogP contribution is -2.29. The van der Waals surface area contributed by atoms with E-state index in [1.54, 1.807) is 13.8 Å². The van der Waals surface area contributed by atoms with Crippen LogP contribution >= 0.6 is 0 Å². The number of hydrogen-bond donors (Lipinski definition) is 1. The van der Waals surface area contributed by atoms with Crippen LogP contribution in [0, 0.1) is 0 Å². The van der Waals surface area contributed by atoms with Crippen molar-refractivity contribution in [2.75, 3.05) is 0 Å². The second kappa shape index (κ2) is 2.82. The second-order valence-corrected chi connectivity index (χ2v) is 3.18. The van der Waals surface area contributed by atoms with Crippen molar-refractivity contribution in [3.63, 3.8) is 0 Å². The van der Waals surface area contributed by atoms with Crippen molar-refractivity contribution in [2.24, 2.45) is 5.73 Å². The lowest BCUT2D eigenvalue weighted by molar-refractivity contribution is 0.0558. The van der Waals surface area contributed by atoms with Crippen LogP contribution in [0.4, 0.5) is 8.78 Å². The lowest BCUT2D eigenvalue weighted by atomic mass is 10.0. The van der Waals surface area contributed by atoms with E-state index in [0.29, 0.717) is 10.4 Å². The largest absolute Gasteiger partial charge is 0.333 e. The topological polar surface area (TPSA) is 43.8 Å². The van der Waals surface area contributed by atoms with E-state index < -0.39 is 12.1 Å². The van der Waals surface area contributed by atoms with Gasteiger partial charge in [0, 0.05) is 6.20 Å². The summed E-state index contributed by atoms with van der Waals surface area (Å²) in [5, 5.41) is 3.62. The molecule has 0 unspecified atom stereocenters. The number of halogens is 2. The van der Waals surface area contributed by atoms with Crippen molar-refractivity contribution in [1.29, 1.82) is 0 Å². The molecule has 0 saturated carbocycles. The molecule has 1 heterocycles. The fraction of sp³-hybridized carbons (Fsp3) is 0.571. The van der Waals surface area contributed by atoms with Gasteiger partial charge in [-0.15, -0.1) is 0 Å². The van der Waals surface area contributed by atoms with E-state index >= 15 is 0 Å². The number of rotatable bonds is 2. The van der Waals surface area contributed by atoms with Crippen LogP contribution in [-0.2, 0) is 5.54 Å². The summed E-state index contributed by atoms with van der Waals surface area (Å²) < 4.78 is 24.6. The summed E-state index contributed by atoms with van der Waals surface area (Å²) in [7, 11) is 0. The summed E-state index contributed by atoms with van der Waals surface area (Å²) in [6, 6.07) is 1.49. The molecule has 0 aliphatic carbocycles. The van der Waals surface area contributed by atoms with E-state index in [4.69, 9.17) is 5.73 Å². The predicted octanol–water partition coefficient (Wildman–Crippen LogP) is 1.47. The molecule has 1 aromatic rings. The summed E-state index contributed by atoms with van der Waals surface area (Å²) in [6.07, 6.45) is 1.22. The number of nitrogens with two attached hydrogens (primary N) is 1. The maximum absolute atomic E-state index is 12.0. The lowest BCUT2D eigenvalue weighted by Gasteiger charge is -2.14. The quantitative estimate of drug-likeness (QED) is 0.739. The van der Waals surface area contributed by atoms with Gasteiger partial charge in [0.25, 0.3) is 0 Å². The Morgan fingerprint density at radius 1 is 1.58 bits per heavy atom. The molecule has 5 heteroatoms. The predicted molar refractivity (Wildman–Crippen MR) is 40.7 cm³/mol. The molecule has 1 aromatic heterocycles.